The summed E-state index contributed by atoms with van der Waals surface area (Å²) in [5.74, 6) is 0. The minimum atomic E-state index is -4.70. The van der Waals surface area contributed by atoms with Crippen LogP contribution in [-0.2, 0) is 76.6 Å². The summed E-state index contributed by atoms with van der Waals surface area (Å²) in [5.41, 5.74) is 0. The molecular weight excluding hydrogens is 649 g/mol. The van der Waals surface area contributed by atoms with Gasteiger partial charge in [0.05, 0.1) is 0 Å². The van der Waals surface area contributed by atoms with Gasteiger partial charge in [-0.25, -0.2) is 0 Å². The molecule has 3 heterocycles. The van der Waals surface area contributed by atoms with Crippen LogP contribution in [0.25, 0.3) is 0 Å². The Labute approximate surface area is 223 Å². The Bertz CT molecular complexity index is 798. The predicted octanol–water partition coefficient (Wildman–Crippen LogP) is -2.61. The minimum absolute atomic E-state index is 1.18. The molecule has 3 unspecified atom stereocenters. The number of rotatable bonds is 10. The lowest BCUT2D eigenvalue weighted by molar-refractivity contribution is -0.0898. The first kappa shape index (κ1) is 32.5. The molecule has 0 radical (unpaired) electrons. The summed E-state index contributed by atoms with van der Waals surface area (Å²) < 4.78 is 105. The summed E-state index contributed by atoms with van der Waals surface area (Å²) in [5, 5.41) is 0. The summed E-state index contributed by atoms with van der Waals surface area (Å²) in [6, 6.07) is 0. The zero-order valence-corrected chi connectivity index (χ0v) is 30.0. The van der Waals surface area contributed by atoms with E-state index in [1.54, 1.807) is 0 Å². The van der Waals surface area contributed by atoms with Crippen molar-refractivity contribution < 1.29 is 81.4 Å². The van der Waals surface area contributed by atoms with Crippen LogP contribution in [0.3, 0.4) is 0 Å². The van der Waals surface area contributed by atoms with E-state index in [2.05, 4.69) is 0 Å². The molecule has 0 aliphatic carbocycles. The maximum atomic E-state index is 10.7. The first-order valence-electron chi connectivity index (χ1n) is 10.3. The summed E-state index contributed by atoms with van der Waals surface area (Å²) in [6.07, 6.45) is 0. The molecule has 3 aliphatic rings. The van der Waals surface area contributed by atoms with E-state index in [-0.39, 0.29) is 0 Å². The monoisotopic (exact) mass is 680 g/mol. The van der Waals surface area contributed by atoms with Crippen LogP contribution >= 0.6 is 0 Å². The molecule has 27 heteroatoms. The van der Waals surface area contributed by atoms with Crippen LogP contribution in [0, 0.1) is 0 Å². The van der Waals surface area contributed by atoms with Gasteiger partial charge in [-0.15, -0.1) is 0 Å². The van der Waals surface area contributed by atoms with Gasteiger partial charge < -0.3 is 81.4 Å². The van der Waals surface area contributed by atoms with E-state index in [1.807, 2.05) is 0 Å². The second-order valence-electron chi connectivity index (χ2n) is 7.25. The Hall–Kier alpha value is 0.975. The highest BCUT2D eigenvalue weighted by atomic mass is 28.6. The van der Waals surface area contributed by atoms with Crippen LogP contribution in [0.15, 0.2) is 0 Å². The van der Waals surface area contributed by atoms with Crippen molar-refractivity contribution in [1.82, 2.24) is 0 Å². The Balaban J connectivity index is 2.29. The molecule has 3 saturated heterocycles. The van der Waals surface area contributed by atoms with Crippen molar-refractivity contribution in [3.63, 3.8) is 0 Å². The van der Waals surface area contributed by atoms with Gasteiger partial charge in [-0.3, -0.25) is 0 Å². The molecule has 4 bridgehead atoms. The van der Waals surface area contributed by atoms with Gasteiger partial charge in [0.25, 0.3) is 0 Å². The van der Waals surface area contributed by atoms with Crippen LogP contribution in [0.1, 0.15) is 0 Å². The van der Waals surface area contributed by atoms with Crippen molar-refractivity contribution in [3.05, 3.63) is 0 Å². The third-order valence-corrected chi connectivity index (χ3v) is 30.7. The van der Waals surface area contributed by atoms with E-state index in [0.29, 0.717) is 0 Å². The molecule has 0 aromatic carbocycles. The molecule has 3 aliphatic heterocycles. The summed E-state index contributed by atoms with van der Waals surface area (Å²) >= 11 is 0. The quantitative estimate of drug-likeness (QED) is 0.236. The second-order valence-corrected chi connectivity index (χ2v) is 28.2. The first-order valence-corrected chi connectivity index (χ1v) is 24.4. The molecule has 3 fully saturated rings. The molecule has 0 aromatic rings. The average Bonchev–Trinajstić information content (AvgIpc) is 2.84. The molecule has 0 spiro atoms. The van der Waals surface area contributed by atoms with Crippen molar-refractivity contribution in [2.45, 2.75) is 13.1 Å². The molecule has 0 aromatic heterocycles. The van der Waals surface area contributed by atoms with Gasteiger partial charge in [-0.05, 0) is 0 Å². The van der Waals surface area contributed by atoms with Crippen LogP contribution in [0.2, 0.25) is 13.1 Å². The molecule has 0 amide bonds. The first-order chi connectivity index (χ1) is 17.2. The molecule has 3 rings (SSSR count). The molecule has 19 nitrogen and oxygen atoms in total. The highest BCUT2D eigenvalue weighted by Crippen LogP contribution is 2.40. The SMILES string of the molecule is CO[Si](C)(O)O[Si]1(OC)O[Si]2(OC)O[Si@@H]3O[Si@@](OC)(O1)O[Si](OC)(OC)O[Si@](OC)(O3)O[Si@](C)(OC)O2. The van der Waals surface area contributed by atoms with Gasteiger partial charge in [-0.2, -0.15) is 0 Å². The topological polar surface area (TPSA) is 186 Å². The maximum Gasteiger partial charge on any atom is 0.667 e. The van der Waals surface area contributed by atoms with Crippen molar-refractivity contribution >= 4 is 72.4 Å². The van der Waals surface area contributed by atoms with E-state index in [9.17, 15) is 4.80 Å². The summed E-state index contributed by atoms with van der Waals surface area (Å²) in [4.78, 5) is 10.7. The van der Waals surface area contributed by atoms with Crippen molar-refractivity contribution in [3.8, 4) is 0 Å². The third-order valence-electron chi connectivity index (χ3n) is 4.91. The van der Waals surface area contributed by atoms with E-state index in [1.165, 1.54) is 70.0 Å². The fourth-order valence-electron chi connectivity index (χ4n) is 2.93. The Morgan fingerprint density at radius 2 is 0.946 bits per heavy atom. The van der Waals surface area contributed by atoms with E-state index in [4.69, 9.17) is 76.6 Å². The lowest BCUT2D eigenvalue weighted by atomic mass is 11.8. The van der Waals surface area contributed by atoms with Gasteiger partial charge >= 0.3 is 72.4 Å². The molecule has 0 saturated carbocycles. The van der Waals surface area contributed by atoms with Crippen LogP contribution < -0.4 is 0 Å². The van der Waals surface area contributed by atoms with Crippen LogP contribution in [0.4, 0.5) is 0 Å². The van der Waals surface area contributed by atoms with Crippen molar-refractivity contribution in [2.24, 2.45) is 0 Å². The third kappa shape index (κ3) is 6.73. The van der Waals surface area contributed by atoms with Crippen molar-refractivity contribution in [1.29, 1.82) is 0 Å². The summed E-state index contributed by atoms with van der Waals surface area (Å²) in [7, 11) is -23.9. The molecular formula is C10H32O19Si8. The van der Waals surface area contributed by atoms with Gasteiger partial charge in [0.2, 0.25) is 0 Å². The lowest BCUT2D eigenvalue weighted by Crippen LogP contribution is -2.81. The average molecular weight is 681 g/mol. The Morgan fingerprint density at radius 1 is 0.568 bits per heavy atom. The maximum absolute atomic E-state index is 10.7. The largest absolute Gasteiger partial charge is 0.667 e. The normalized spacial score (nSPS) is 43.7. The van der Waals surface area contributed by atoms with E-state index < -0.39 is 72.4 Å². The van der Waals surface area contributed by atoms with Gasteiger partial charge in [0.15, 0.2) is 0 Å². The highest BCUT2D eigenvalue weighted by molar-refractivity contribution is 6.91. The molecule has 37 heavy (non-hydrogen) atoms. The van der Waals surface area contributed by atoms with Gasteiger partial charge in [-0.1, -0.05) is 0 Å². The number of fused-ring (bicyclic) bond motifs is 3. The minimum Gasteiger partial charge on any atom is -0.390 e. The highest BCUT2D eigenvalue weighted by Gasteiger charge is 2.79. The molecule has 7 atom stereocenters. The molecule has 218 valence electrons. The summed E-state index contributed by atoms with van der Waals surface area (Å²) in [6.45, 7) is 2.76. The van der Waals surface area contributed by atoms with Crippen molar-refractivity contribution in [2.75, 3.05) is 56.9 Å². The zero-order chi connectivity index (χ0) is 27.8. The lowest BCUT2D eigenvalue weighted by Gasteiger charge is -2.50. The fourth-order valence-corrected chi connectivity index (χ4v) is 32.8. The second kappa shape index (κ2) is 11.7. The number of hydrogen-bond donors (Lipinski definition) is 1. The van der Waals surface area contributed by atoms with Crippen LogP contribution in [0.5, 0.6) is 0 Å². The smallest absolute Gasteiger partial charge is 0.390 e. The standard InChI is InChI=1S/C10H32O19Si8/c1-12-31(9,11)23-37(19-8)28-35(17-6)21-30-20-34(16-5,24-32(10,13-2)25-35)26-33(14-3,15-4)27-36(18-7,22-30)29-37/h11,30H,1-10H3/t30-,31?,32+,34-,35?,36-,37?/m1/s1. The van der Waals surface area contributed by atoms with E-state index in [0.717, 1.165) is 0 Å². The van der Waals surface area contributed by atoms with Crippen LogP contribution in [-0.4, -0.2) is 134 Å². The van der Waals surface area contributed by atoms with E-state index >= 15 is 0 Å². The Kier molecular flexibility index (Phi) is 10.3. The van der Waals surface area contributed by atoms with Gasteiger partial charge in [0, 0.05) is 70.0 Å². The number of hydrogen-bond acceptors (Lipinski definition) is 19. The zero-order valence-electron chi connectivity index (χ0n) is 21.9. The fraction of sp³-hybridized carbons (Fsp3) is 1.00. The predicted molar refractivity (Wildman–Crippen MR) is 128 cm³/mol. The van der Waals surface area contributed by atoms with Gasteiger partial charge in [0.1, 0.15) is 0 Å². The Morgan fingerprint density at radius 3 is 1.27 bits per heavy atom. The molecule has 1 N–H and O–H groups in total.